The lowest BCUT2D eigenvalue weighted by Crippen LogP contribution is -2.32. The number of amides is 3. The lowest BCUT2D eigenvalue weighted by Gasteiger charge is -2.17. The smallest absolute Gasteiger partial charge is 0.320 e. The molecular formula is C13H21N5O2S. The number of hydrogen-bond donors (Lipinski definition) is 2. The molecule has 1 fully saturated rings. The Labute approximate surface area is 128 Å². The first-order chi connectivity index (χ1) is 10.1. The van der Waals surface area contributed by atoms with E-state index in [0.29, 0.717) is 39.0 Å². The first-order valence-electron chi connectivity index (χ1n) is 7.00. The molecule has 8 heteroatoms. The van der Waals surface area contributed by atoms with E-state index in [-0.39, 0.29) is 11.9 Å². The van der Waals surface area contributed by atoms with Crippen LogP contribution in [0.1, 0.15) is 23.5 Å². The molecule has 0 spiro atoms. The van der Waals surface area contributed by atoms with Gasteiger partial charge in [-0.25, -0.2) is 9.78 Å². The number of nitrogens with two attached hydrogens (primary N) is 1. The number of carbonyl (C=O) groups is 2. The third kappa shape index (κ3) is 4.40. The van der Waals surface area contributed by atoms with Crippen molar-refractivity contribution in [2.75, 3.05) is 26.7 Å². The van der Waals surface area contributed by atoms with E-state index in [1.807, 2.05) is 12.4 Å². The number of nitrogens with zero attached hydrogens (tertiary/aromatic N) is 3. The van der Waals surface area contributed by atoms with Gasteiger partial charge >= 0.3 is 6.03 Å². The highest BCUT2D eigenvalue weighted by Gasteiger charge is 2.28. The maximum absolute atomic E-state index is 12.2. The quantitative estimate of drug-likeness (QED) is 0.725. The Morgan fingerprint density at radius 3 is 2.95 bits per heavy atom. The Balaban J connectivity index is 1.82. The summed E-state index contributed by atoms with van der Waals surface area (Å²) in [5, 5.41) is 6.08. The van der Waals surface area contributed by atoms with Crippen LogP contribution in [0.4, 0.5) is 4.79 Å². The lowest BCUT2D eigenvalue weighted by atomic mass is 10.3. The maximum atomic E-state index is 12.2. The lowest BCUT2D eigenvalue weighted by molar-refractivity contribution is -0.118. The molecule has 3 amide bonds. The Bertz CT molecular complexity index is 505. The van der Waals surface area contributed by atoms with Gasteiger partial charge in [-0.15, -0.1) is 11.3 Å². The summed E-state index contributed by atoms with van der Waals surface area (Å²) in [6, 6.07) is 0.0163. The van der Waals surface area contributed by atoms with Crippen LogP contribution in [-0.4, -0.2) is 53.4 Å². The van der Waals surface area contributed by atoms with E-state index >= 15 is 0 Å². The molecule has 0 aliphatic carbocycles. The van der Waals surface area contributed by atoms with Gasteiger partial charge in [0, 0.05) is 38.0 Å². The third-order valence-electron chi connectivity index (χ3n) is 3.31. The third-order valence-corrected chi connectivity index (χ3v) is 4.21. The standard InChI is InChI=1S/C13H21N5O2S/c1-15-7-12-16-10(9-21-12)8-18-6-5-17(13(18)20)4-2-3-11(14)19/h9,15H,2-8H2,1H3,(H2,14,19). The fraction of sp³-hybridized carbons (Fsp3) is 0.615. The van der Waals surface area contributed by atoms with E-state index in [4.69, 9.17) is 5.73 Å². The van der Waals surface area contributed by atoms with Crippen LogP contribution < -0.4 is 11.1 Å². The second kappa shape index (κ2) is 7.37. The van der Waals surface area contributed by atoms with Crippen LogP contribution in [0.3, 0.4) is 0 Å². The molecule has 1 aromatic heterocycles. The average Bonchev–Trinajstić information content (AvgIpc) is 3.00. The number of urea groups is 1. The normalized spacial score (nSPS) is 15.0. The van der Waals surface area contributed by atoms with Crippen LogP contribution in [0, 0.1) is 0 Å². The van der Waals surface area contributed by atoms with E-state index in [0.717, 1.165) is 17.2 Å². The summed E-state index contributed by atoms with van der Waals surface area (Å²) >= 11 is 1.60. The number of hydrogen-bond acceptors (Lipinski definition) is 5. The topological polar surface area (TPSA) is 91.6 Å². The number of aromatic nitrogens is 1. The van der Waals surface area contributed by atoms with E-state index in [1.165, 1.54) is 0 Å². The Hall–Kier alpha value is -1.67. The number of carbonyl (C=O) groups excluding carboxylic acids is 2. The minimum absolute atomic E-state index is 0.0163. The minimum Gasteiger partial charge on any atom is -0.370 e. The molecule has 0 atom stereocenters. The maximum Gasteiger partial charge on any atom is 0.320 e. The largest absolute Gasteiger partial charge is 0.370 e. The number of nitrogens with one attached hydrogen (secondary N) is 1. The molecule has 0 aromatic carbocycles. The van der Waals surface area contributed by atoms with Crippen molar-refractivity contribution in [2.24, 2.45) is 5.73 Å². The van der Waals surface area contributed by atoms with Gasteiger partial charge in [-0.2, -0.15) is 0 Å². The first kappa shape index (κ1) is 15.7. The summed E-state index contributed by atoms with van der Waals surface area (Å²) in [5.41, 5.74) is 6.03. The van der Waals surface area contributed by atoms with E-state index < -0.39 is 0 Å². The van der Waals surface area contributed by atoms with Crippen LogP contribution in [0.5, 0.6) is 0 Å². The van der Waals surface area contributed by atoms with Crippen LogP contribution in [0.15, 0.2) is 5.38 Å². The zero-order chi connectivity index (χ0) is 15.2. The molecule has 116 valence electrons. The molecule has 1 aliphatic heterocycles. The van der Waals surface area contributed by atoms with Crippen molar-refractivity contribution in [1.29, 1.82) is 0 Å². The van der Waals surface area contributed by atoms with Crippen molar-refractivity contribution in [3.63, 3.8) is 0 Å². The van der Waals surface area contributed by atoms with Gasteiger partial charge in [0.1, 0.15) is 5.01 Å². The van der Waals surface area contributed by atoms with Crippen molar-refractivity contribution in [3.05, 3.63) is 16.1 Å². The Morgan fingerprint density at radius 2 is 2.24 bits per heavy atom. The molecule has 21 heavy (non-hydrogen) atoms. The van der Waals surface area contributed by atoms with Crippen molar-refractivity contribution in [3.8, 4) is 0 Å². The molecule has 0 saturated carbocycles. The summed E-state index contributed by atoms with van der Waals surface area (Å²) in [6.45, 7) is 3.28. The highest BCUT2D eigenvalue weighted by atomic mass is 32.1. The van der Waals surface area contributed by atoms with Crippen molar-refractivity contribution in [2.45, 2.75) is 25.9 Å². The van der Waals surface area contributed by atoms with Gasteiger partial charge in [0.15, 0.2) is 0 Å². The molecule has 0 unspecified atom stereocenters. The van der Waals surface area contributed by atoms with Gasteiger partial charge in [-0.3, -0.25) is 4.79 Å². The SMILES string of the molecule is CNCc1nc(CN2CCN(CCCC(N)=O)C2=O)cs1. The number of primary amides is 1. The van der Waals surface area contributed by atoms with Crippen LogP contribution >= 0.6 is 11.3 Å². The van der Waals surface area contributed by atoms with Gasteiger partial charge in [-0.1, -0.05) is 0 Å². The van der Waals surface area contributed by atoms with Crippen molar-refractivity contribution >= 4 is 23.3 Å². The van der Waals surface area contributed by atoms with Gasteiger partial charge in [0.05, 0.1) is 12.2 Å². The fourth-order valence-electron chi connectivity index (χ4n) is 2.28. The molecule has 3 N–H and O–H groups in total. The molecular weight excluding hydrogens is 290 g/mol. The highest BCUT2D eigenvalue weighted by molar-refractivity contribution is 7.09. The fourth-order valence-corrected chi connectivity index (χ4v) is 3.08. The van der Waals surface area contributed by atoms with Gasteiger partial charge < -0.3 is 20.9 Å². The summed E-state index contributed by atoms with van der Waals surface area (Å²) in [6.07, 6.45) is 0.946. The van der Waals surface area contributed by atoms with E-state index in [9.17, 15) is 9.59 Å². The van der Waals surface area contributed by atoms with Crippen LogP contribution in [0.2, 0.25) is 0 Å². The van der Waals surface area contributed by atoms with Crippen molar-refractivity contribution < 1.29 is 9.59 Å². The summed E-state index contributed by atoms with van der Waals surface area (Å²) in [4.78, 5) is 31.0. The van der Waals surface area contributed by atoms with Crippen LogP contribution in [0.25, 0.3) is 0 Å². The zero-order valence-electron chi connectivity index (χ0n) is 12.2. The second-order valence-corrected chi connectivity index (χ2v) is 5.97. The molecule has 0 radical (unpaired) electrons. The number of thiazole rings is 1. The van der Waals surface area contributed by atoms with Gasteiger partial charge in [0.2, 0.25) is 5.91 Å². The minimum atomic E-state index is -0.321. The zero-order valence-corrected chi connectivity index (χ0v) is 13.0. The average molecular weight is 311 g/mol. The highest BCUT2D eigenvalue weighted by Crippen LogP contribution is 2.16. The van der Waals surface area contributed by atoms with Crippen LogP contribution in [-0.2, 0) is 17.9 Å². The molecule has 7 nitrogen and oxygen atoms in total. The van der Waals surface area contributed by atoms with E-state index in [1.54, 1.807) is 21.1 Å². The monoisotopic (exact) mass is 311 g/mol. The van der Waals surface area contributed by atoms with E-state index in [2.05, 4.69) is 10.3 Å². The van der Waals surface area contributed by atoms with Gasteiger partial charge in [0.25, 0.3) is 0 Å². The summed E-state index contributed by atoms with van der Waals surface area (Å²) in [5.74, 6) is -0.321. The van der Waals surface area contributed by atoms with Crippen molar-refractivity contribution in [1.82, 2.24) is 20.1 Å². The molecule has 0 bridgehead atoms. The Morgan fingerprint density at radius 1 is 1.48 bits per heavy atom. The molecule has 1 saturated heterocycles. The molecule has 2 heterocycles. The first-order valence-corrected chi connectivity index (χ1v) is 7.88. The molecule has 2 rings (SSSR count). The summed E-state index contributed by atoms with van der Waals surface area (Å²) in [7, 11) is 1.88. The Kier molecular flexibility index (Phi) is 5.51. The molecule has 1 aliphatic rings. The van der Waals surface area contributed by atoms with Gasteiger partial charge in [-0.05, 0) is 13.5 Å². The second-order valence-electron chi connectivity index (χ2n) is 5.02. The molecule has 1 aromatic rings. The summed E-state index contributed by atoms with van der Waals surface area (Å²) < 4.78 is 0. The predicted molar refractivity (Wildman–Crippen MR) is 80.7 cm³/mol. The number of rotatable bonds is 8. The predicted octanol–water partition coefficient (Wildman–Crippen LogP) is 0.366.